The maximum atomic E-state index is 13.8. The molecule has 4 aromatic heterocycles. The fraction of sp³-hybridized carbons (Fsp3) is 0.444. The third kappa shape index (κ3) is 4.89. The monoisotopic (exact) mass is 564 g/mol. The second-order valence-corrected chi connectivity index (χ2v) is 12.6. The number of rotatable bonds is 10. The molecule has 0 amide bonds. The van der Waals surface area contributed by atoms with Crippen LogP contribution in [0.5, 0.6) is 5.88 Å². The first-order chi connectivity index (χ1) is 19.3. The number of fused-ring (bicyclic) bond motifs is 1. The van der Waals surface area contributed by atoms with Gasteiger partial charge in [0.1, 0.15) is 17.4 Å². The number of nitrogens with one attached hydrogen (secondary N) is 1. The molecular weight excluding hydrogens is 532 g/mol. The zero-order valence-corrected chi connectivity index (χ0v) is 23.3. The highest BCUT2D eigenvalue weighted by Crippen LogP contribution is 2.45. The van der Waals surface area contributed by atoms with Crippen LogP contribution in [-0.2, 0) is 16.4 Å². The van der Waals surface area contributed by atoms with Crippen molar-refractivity contribution in [2.24, 2.45) is 5.92 Å². The maximum absolute atomic E-state index is 13.8. The topological polar surface area (TPSA) is 155 Å². The predicted octanol–water partition coefficient (Wildman–Crippen LogP) is 3.55. The number of pyridine rings is 1. The highest BCUT2D eigenvalue weighted by molar-refractivity contribution is 7.91. The predicted molar refractivity (Wildman–Crippen MR) is 150 cm³/mol. The fourth-order valence-corrected chi connectivity index (χ4v) is 5.68. The summed E-state index contributed by atoms with van der Waals surface area (Å²) >= 11 is 0. The molecule has 4 heterocycles. The summed E-state index contributed by atoms with van der Waals surface area (Å²) in [6.07, 6.45) is 8.60. The van der Waals surface area contributed by atoms with Crippen LogP contribution in [-0.4, -0.2) is 55.8 Å². The molecule has 6 rings (SSSR count). The van der Waals surface area contributed by atoms with Gasteiger partial charge in [0.25, 0.3) is 5.56 Å². The Morgan fingerprint density at radius 3 is 2.55 bits per heavy atom. The van der Waals surface area contributed by atoms with Crippen molar-refractivity contribution in [3.8, 4) is 17.3 Å². The minimum Gasteiger partial charge on any atom is -0.480 e. The van der Waals surface area contributed by atoms with Gasteiger partial charge >= 0.3 is 0 Å². The SMILES string of the molecule is CCS(=O)(=O)c1ccc(CNc2nc3cnc(-c4c(OC)ncnc4C4CC4)nc3n([C@H](C)C3CC3)c2=O)nc1.[HH]. The molecule has 4 aromatic rings. The van der Waals surface area contributed by atoms with E-state index in [0.29, 0.717) is 46.0 Å². The molecule has 210 valence electrons. The lowest BCUT2D eigenvalue weighted by atomic mass is 10.1. The average Bonchev–Trinajstić information content (AvgIpc) is 3.89. The fourth-order valence-electron chi connectivity index (χ4n) is 4.86. The number of hydrogen-bond acceptors (Lipinski definition) is 11. The van der Waals surface area contributed by atoms with Gasteiger partial charge in [-0.15, -0.1) is 0 Å². The van der Waals surface area contributed by atoms with Crippen LogP contribution in [0.4, 0.5) is 5.82 Å². The molecule has 2 saturated carbocycles. The van der Waals surface area contributed by atoms with Gasteiger partial charge in [0.2, 0.25) is 5.88 Å². The first-order valence-electron chi connectivity index (χ1n) is 13.4. The molecule has 2 aliphatic carbocycles. The molecule has 0 unspecified atom stereocenters. The first kappa shape index (κ1) is 26.2. The molecule has 2 fully saturated rings. The van der Waals surface area contributed by atoms with Gasteiger partial charge in [-0.1, -0.05) is 6.92 Å². The van der Waals surface area contributed by atoms with E-state index in [1.807, 2.05) is 6.92 Å². The van der Waals surface area contributed by atoms with Crippen molar-refractivity contribution in [1.82, 2.24) is 34.5 Å². The third-order valence-corrected chi connectivity index (χ3v) is 9.26. The molecule has 0 saturated heterocycles. The number of anilines is 1. The van der Waals surface area contributed by atoms with Crippen molar-refractivity contribution in [2.75, 3.05) is 18.2 Å². The Bertz CT molecular complexity index is 1760. The van der Waals surface area contributed by atoms with E-state index < -0.39 is 9.84 Å². The Morgan fingerprint density at radius 2 is 1.90 bits per heavy atom. The molecule has 13 heteroatoms. The normalized spacial score (nSPS) is 16.2. The minimum atomic E-state index is -3.34. The molecule has 2 aliphatic rings. The van der Waals surface area contributed by atoms with Crippen molar-refractivity contribution in [3.05, 3.63) is 52.6 Å². The quantitative estimate of drug-likeness (QED) is 0.301. The van der Waals surface area contributed by atoms with E-state index in [0.717, 1.165) is 31.4 Å². The van der Waals surface area contributed by atoms with E-state index in [-0.39, 0.29) is 36.0 Å². The first-order valence-corrected chi connectivity index (χ1v) is 15.1. The van der Waals surface area contributed by atoms with Gasteiger partial charge in [-0.3, -0.25) is 14.3 Å². The molecule has 0 spiro atoms. The zero-order chi connectivity index (χ0) is 28.0. The summed E-state index contributed by atoms with van der Waals surface area (Å²) in [7, 11) is -1.79. The number of aromatic nitrogens is 7. The lowest BCUT2D eigenvalue weighted by Gasteiger charge is -2.19. The minimum absolute atomic E-state index is 0. The Labute approximate surface area is 232 Å². The maximum Gasteiger partial charge on any atom is 0.295 e. The standard InChI is InChI=1S/C27H30N8O4S.H2/c1-4-40(37,38)19-10-9-18(28-12-19)11-29-24-27(36)35(15(2)16-5-6-16)25-20(33-24)13-30-23(34-25)21-22(17-7-8-17)31-14-32-26(21)39-3;/h9-10,12-17H,4-8,11H2,1-3H3,(H,29,33);1H/t15-;/m1./s1. The van der Waals surface area contributed by atoms with Crippen molar-refractivity contribution < 1.29 is 14.6 Å². The summed E-state index contributed by atoms with van der Waals surface area (Å²) in [5.74, 6) is 1.65. The molecule has 0 aromatic carbocycles. The Morgan fingerprint density at radius 1 is 1.10 bits per heavy atom. The average molecular weight is 565 g/mol. The van der Waals surface area contributed by atoms with Crippen LogP contribution in [0.1, 0.15) is 64.3 Å². The van der Waals surface area contributed by atoms with E-state index in [4.69, 9.17) is 9.72 Å². The summed E-state index contributed by atoms with van der Waals surface area (Å²) < 4.78 is 31.4. The van der Waals surface area contributed by atoms with E-state index in [9.17, 15) is 13.2 Å². The molecule has 1 N–H and O–H groups in total. The molecule has 12 nitrogen and oxygen atoms in total. The molecule has 0 aliphatic heterocycles. The van der Waals surface area contributed by atoms with Crippen molar-refractivity contribution in [2.45, 2.75) is 62.9 Å². The van der Waals surface area contributed by atoms with Crippen LogP contribution in [0.25, 0.3) is 22.6 Å². The number of methoxy groups -OCH3 is 1. The second-order valence-electron chi connectivity index (χ2n) is 10.3. The summed E-state index contributed by atoms with van der Waals surface area (Å²) in [5, 5.41) is 3.09. The lowest BCUT2D eigenvalue weighted by molar-refractivity contribution is 0.397. The molecular formula is C27H32N8O4S. The van der Waals surface area contributed by atoms with Crippen molar-refractivity contribution in [1.29, 1.82) is 0 Å². The summed E-state index contributed by atoms with van der Waals surface area (Å²) in [4.78, 5) is 41.0. The largest absolute Gasteiger partial charge is 0.480 e. The van der Waals surface area contributed by atoms with Gasteiger partial charge in [0, 0.05) is 19.6 Å². The molecule has 40 heavy (non-hydrogen) atoms. The van der Waals surface area contributed by atoms with Crippen LogP contribution in [0.3, 0.4) is 0 Å². The van der Waals surface area contributed by atoms with Crippen LogP contribution in [0.15, 0.2) is 40.5 Å². The third-order valence-electron chi connectivity index (χ3n) is 7.54. The number of ether oxygens (including phenoxy) is 1. The highest BCUT2D eigenvalue weighted by Gasteiger charge is 2.34. The molecule has 0 radical (unpaired) electrons. The smallest absolute Gasteiger partial charge is 0.295 e. The second kappa shape index (κ2) is 10.2. The van der Waals surface area contributed by atoms with E-state index >= 15 is 0 Å². The van der Waals surface area contributed by atoms with Gasteiger partial charge in [0.05, 0.1) is 41.9 Å². The van der Waals surface area contributed by atoms with Gasteiger partial charge in [-0.05, 0) is 50.7 Å². The summed E-state index contributed by atoms with van der Waals surface area (Å²) in [6, 6.07) is 3.07. The van der Waals surface area contributed by atoms with E-state index in [1.165, 1.54) is 18.6 Å². The Kier molecular flexibility index (Phi) is 6.69. The van der Waals surface area contributed by atoms with E-state index in [2.05, 4.69) is 30.2 Å². The lowest BCUT2D eigenvalue weighted by Crippen LogP contribution is -2.29. The number of sulfone groups is 1. The highest BCUT2D eigenvalue weighted by atomic mass is 32.2. The number of nitrogens with zero attached hydrogens (tertiary/aromatic N) is 7. The van der Waals surface area contributed by atoms with Crippen molar-refractivity contribution in [3.63, 3.8) is 0 Å². The summed E-state index contributed by atoms with van der Waals surface area (Å²) in [6.45, 7) is 3.81. The van der Waals surface area contributed by atoms with Crippen LogP contribution in [0, 0.1) is 5.92 Å². The van der Waals surface area contributed by atoms with E-state index in [1.54, 1.807) is 30.9 Å². The summed E-state index contributed by atoms with van der Waals surface area (Å²) in [5.41, 5.74) is 2.70. The van der Waals surface area contributed by atoms with Gasteiger partial charge in [-0.25, -0.2) is 33.3 Å². The Balaban J connectivity index is 0.00000337. The number of hydrogen-bond donors (Lipinski definition) is 1. The molecule has 1 atom stereocenters. The Hall–Kier alpha value is -4.00. The molecule has 0 bridgehead atoms. The van der Waals surface area contributed by atoms with Gasteiger partial charge in [-0.2, -0.15) is 0 Å². The van der Waals surface area contributed by atoms with Crippen LogP contribution < -0.4 is 15.6 Å². The van der Waals surface area contributed by atoms with Crippen LogP contribution >= 0.6 is 0 Å². The van der Waals surface area contributed by atoms with Crippen LogP contribution in [0.2, 0.25) is 0 Å². The zero-order valence-electron chi connectivity index (χ0n) is 22.5. The van der Waals surface area contributed by atoms with Crippen molar-refractivity contribution >= 4 is 26.8 Å². The van der Waals surface area contributed by atoms with Gasteiger partial charge < -0.3 is 10.1 Å². The van der Waals surface area contributed by atoms with Gasteiger partial charge in [0.15, 0.2) is 27.1 Å².